The monoisotopic (exact) mass is 338 g/mol. The standard InChI is InChI=1S/C20H22N2O3/c23-20(21-14-15-5-2-1-3-6-15)22-10-4-7-17(22)16-8-9-18-19(13-16)25-12-11-24-18/h1-3,5-6,8-9,13,17H,4,7,10-12,14H2,(H,21,23)/t17-/m0/s1. The number of nitrogens with one attached hydrogen (secondary N) is 1. The molecule has 2 aromatic carbocycles. The highest BCUT2D eigenvalue weighted by Gasteiger charge is 2.30. The largest absolute Gasteiger partial charge is 0.486 e. The summed E-state index contributed by atoms with van der Waals surface area (Å²) in [4.78, 5) is 14.6. The summed E-state index contributed by atoms with van der Waals surface area (Å²) in [5, 5.41) is 3.03. The Bertz CT molecular complexity index is 748. The van der Waals surface area contributed by atoms with E-state index in [1.807, 2.05) is 53.4 Å². The molecule has 0 unspecified atom stereocenters. The first-order valence-corrected chi connectivity index (χ1v) is 8.79. The lowest BCUT2D eigenvalue weighted by atomic mass is 10.0. The maximum absolute atomic E-state index is 12.7. The highest BCUT2D eigenvalue weighted by Crippen LogP contribution is 2.38. The maximum Gasteiger partial charge on any atom is 0.318 e. The topological polar surface area (TPSA) is 50.8 Å². The van der Waals surface area contributed by atoms with E-state index in [1.54, 1.807) is 0 Å². The summed E-state index contributed by atoms with van der Waals surface area (Å²) in [5.41, 5.74) is 2.21. The van der Waals surface area contributed by atoms with Crippen molar-refractivity contribution in [2.24, 2.45) is 0 Å². The molecule has 0 aromatic heterocycles. The number of fused-ring (bicyclic) bond motifs is 1. The third-order valence-corrected chi connectivity index (χ3v) is 4.75. The molecule has 4 rings (SSSR count). The molecule has 2 heterocycles. The number of amides is 2. The van der Waals surface area contributed by atoms with Crippen LogP contribution < -0.4 is 14.8 Å². The van der Waals surface area contributed by atoms with Gasteiger partial charge in [0.1, 0.15) is 13.2 Å². The minimum absolute atomic E-state index is 0.0127. The molecule has 0 radical (unpaired) electrons. The fraction of sp³-hybridized carbons (Fsp3) is 0.350. The van der Waals surface area contributed by atoms with Crippen LogP contribution in [-0.4, -0.2) is 30.7 Å². The van der Waals surface area contributed by atoms with Crippen LogP contribution in [0.3, 0.4) is 0 Å². The number of urea groups is 1. The molecule has 1 N–H and O–H groups in total. The van der Waals surface area contributed by atoms with Crippen LogP contribution in [0.4, 0.5) is 4.79 Å². The molecule has 2 aromatic rings. The molecule has 1 atom stereocenters. The van der Waals surface area contributed by atoms with E-state index in [0.717, 1.165) is 42.0 Å². The average molecular weight is 338 g/mol. The number of benzene rings is 2. The molecular formula is C20H22N2O3. The van der Waals surface area contributed by atoms with E-state index < -0.39 is 0 Å². The lowest BCUT2D eigenvalue weighted by Gasteiger charge is -2.27. The first-order chi connectivity index (χ1) is 12.3. The zero-order valence-corrected chi connectivity index (χ0v) is 14.1. The Morgan fingerprint density at radius 1 is 1.08 bits per heavy atom. The summed E-state index contributed by atoms with van der Waals surface area (Å²) in [6.45, 7) is 2.48. The minimum Gasteiger partial charge on any atom is -0.486 e. The van der Waals surface area contributed by atoms with Crippen LogP contribution in [0.25, 0.3) is 0 Å². The number of nitrogens with zero attached hydrogens (tertiary/aromatic N) is 1. The Morgan fingerprint density at radius 2 is 1.88 bits per heavy atom. The summed E-state index contributed by atoms with van der Waals surface area (Å²) < 4.78 is 11.3. The van der Waals surface area contributed by atoms with Crippen LogP contribution in [-0.2, 0) is 6.54 Å². The van der Waals surface area contributed by atoms with Crippen LogP contribution in [0.5, 0.6) is 11.5 Å². The molecular weight excluding hydrogens is 316 g/mol. The molecule has 1 saturated heterocycles. The van der Waals surface area contributed by atoms with E-state index in [2.05, 4.69) is 5.32 Å². The molecule has 2 aliphatic rings. The second-order valence-electron chi connectivity index (χ2n) is 6.40. The highest BCUT2D eigenvalue weighted by molar-refractivity contribution is 5.75. The number of hydrogen-bond acceptors (Lipinski definition) is 3. The summed E-state index contributed by atoms with van der Waals surface area (Å²) in [6, 6.07) is 16.1. The summed E-state index contributed by atoms with van der Waals surface area (Å²) >= 11 is 0. The lowest BCUT2D eigenvalue weighted by molar-refractivity contribution is 0.170. The van der Waals surface area contributed by atoms with Gasteiger partial charge in [-0.15, -0.1) is 0 Å². The van der Waals surface area contributed by atoms with Crippen LogP contribution in [0.1, 0.15) is 30.0 Å². The molecule has 130 valence electrons. The molecule has 5 nitrogen and oxygen atoms in total. The van der Waals surface area contributed by atoms with Gasteiger partial charge < -0.3 is 19.7 Å². The SMILES string of the molecule is O=C(NCc1ccccc1)N1CCC[C@H]1c1ccc2c(c1)OCCO2. The van der Waals surface area contributed by atoms with E-state index in [-0.39, 0.29) is 12.1 Å². The molecule has 0 bridgehead atoms. The van der Waals surface area contributed by atoms with Crippen molar-refractivity contribution in [3.05, 3.63) is 59.7 Å². The van der Waals surface area contributed by atoms with Gasteiger partial charge in [0.15, 0.2) is 11.5 Å². The Morgan fingerprint density at radius 3 is 2.72 bits per heavy atom. The molecule has 5 heteroatoms. The van der Waals surface area contributed by atoms with Gasteiger partial charge in [0.2, 0.25) is 0 Å². The van der Waals surface area contributed by atoms with Gasteiger partial charge in [-0.25, -0.2) is 4.79 Å². The number of rotatable bonds is 3. The van der Waals surface area contributed by atoms with Crippen molar-refractivity contribution in [2.75, 3.05) is 19.8 Å². The van der Waals surface area contributed by atoms with E-state index in [4.69, 9.17) is 9.47 Å². The van der Waals surface area contributed by atoms with Crippen molar-refractivity contribution in [2.45, 2.75) is 25.4 Å². The lowest BCUT2D eigenvalue weighted by Crippen LogP contribution is -2.39. The van der Waals surface area contributed by atoms with Crippen molar-refractivity contribution in [3.8, 4) is 11.5 Å². The summed E-state index contributed by atoms with van der Waals surface area (Å²) in [6.07, 6.45) is 1.98. The first-order valence-electron chi connectivity index (χ1n) is 8.79. The van der Waals surface area contributed by atoms with Gasteiger partial charge in [0, 0.05) is 13.1 Å². The highest BCUT2D eigenvalue weighted by atomic mass is 16.6. The van der Waals surface area contributed by atoms with Crippen LogP contribution in [0, 0.1) is 0 Å². The Hall–Kier alpha value is -2.69. The molecule has 0 saturated carbocycles. The average Bonchev–Trinajstić information content (AvgIpc) is 3.16. The van der Waals surface area contributed by atoms with E-state index in [9.17, 15) is 4.79 Å². The van der Waals surface area contributed by atoms with Crippen molar-refractivity contribution in [1.82, 2.24) is 10.2 Å². The van der Waals surface area contributed by atoms with Gasteiger partial charge in [0.05, 0.1) is 6.04 Å². The molecule has 2 aliphatic heterocycles. The van der Waals surface area contributed by atoms with E-state index in [1.165, 1.54) is 0 Å². The van der Waals surface area contributed by atoms with Crippen molar-refractivity contribution >= 4 is 6.03 Å². The zero-order valence-electron chi connectivity index (χ0n) is 14.1. The fourth-order valence-corrected chi connectivity index (χ4v) is 3.50. The number of likely N-dealkylation sites (tertiary alicyclic amines) is 1. The fourth-order valence-electron chi connectivity index (χ4n) is 3.50. The smallest absolute Gasteiger partial charge is 0.318 e. The van der Waals surface area contributed by atoms with Gasteiger partial charge in [-0.3, -0.25) is 0 Å². The predicted molar refractivity (Wildman–Crippen MR) is 94.8 cm³/mol. The number of carbonyl (C=O) groups is 1. The third-order valence-electron chi connectivity index (χ3n) is 4.75. The second-order valence-corrected chi connectivity index (χ2v) is 6.40. The van der Waals surface area contributed by atoms with Crippen LogP contribution in [0.2, 0.25) is 0 Å². The summed E-state index contributed by atoms with van der Waals surface area (Å²) in [5.74, 6) is 1.56. The van der Waals surface area contributed by atoms with Crippen molar-refractivity contribution in [3.63, 3.8) is 0 Å². The third kappa shape index (κ3) is 3.40. The zero-order chi connectivity index (χ0) is 17.1. The van der Waals surface area contributed by atoms with Gasteiger partial charge in [-0.1, -0.05) is 36.4 Å². The Labute approximate surface area is 147 Å². The van der Waals surface area contributed by atoms with Crippen LogP contribution in [0.15, 0.2) is 48.5 Å². The quantitative estimate of drug-likeness (QED) is 0.932. The first kappa shape index (κ1) is 15.8. The number of carbonyl (C=O) groups excluding carboxylic acids is 1. The Kier molecular flexibility index (Phi) is 4.46. The molecule has 25 heavy (non-hydrogen) atoms. The van der Waals surface area contributed by atoms with Gasteiger partial charge >= 0.3 is 6.03 Å². The second kappa shape index (κ2) is 7.05. The molecule has 1 fully saturated rings. The number of hydrogen-bond donors (Lipinski definition) is 1. The van der Waals surface area contributed by atoms with Gasteiger partial charge in [-0.2, -0.15) is 0 Å². The van der Waals surface area contributed by atoms with E-state index in [0.29, 0.717) is 19.8 Å². The van der Waals surface area contributed by atoms with Crippen molar-refractivity contribution < 1.29 is 14.3 Å². The molecule has 0 spiro atoms. The van der Waals surface area contributed by atoms with E-state index >= 15 is 0 Å². The summed E-state index contributed by atoms with van der Waals surface area (Å²) in [7, 11) is 0. The number of ether oxygens (including phenoxy) is 2. The molecule has 2 amide bonds. The van der Waals surface area contributed by atoms with Gasteiger partial charge in [0.25, 0.3) is 0 Å². The van der Waals surface area contributed by atoms with Crippen LogP contribution >= 0.6 is 0 Å². The Balaban J connectivity index is 1.45. The van der Waals surface area contributed by atoms with Gasteiger partial charge in [-0.05, 0) is 36.1 Å². The normalized spacial score (nSPS) is 18.9. The predicted octanol–water partition coefficient (Wildman–Crippen LogP) is 3.50. The maximum atomic E-state index is 12.7. The minimum atomic E-state index is -0.0127. The molecule has 0 aliphatic carbocycles. The van der Waals surface area contributed by atoms with Crippen molar-refractivity contribution in [1.29, 1.82) is 0 Å².